The molecule has 0 bridgehead atoms. The Hall–Kier alpha value is -1.89. The van der Waals surface area contributed by atoms with Gasteiger partial charge in [0.15, 0.2) is 6.10 Å². The minimum Gasteiger partial charge on any atom is -0.479 e. The van der Waals surface area contributed by atoms with Gasteiger partial charge in [-0.1, -0.05) is 0 Å². The second kappa shape index (κ2) is 5.26. The molecule has 0 aliphatic heterocycles. The van der Waals surface area contributed by atoms with Crippen molar-refractivity contribution in [1.29, 1.82) is 0 Å². The predicted octanol–water partition coefficient (Wildman–Crippen LogP) is -0.716. The molecule has 0 saturated carbocycles. The Morgan fingerprint density at radius 2 is 2.31 bits per heavy atom. The lowest BCUT2D eigenvalue weighted by Crippen LogP contribution is -2.30. The normalized spacial score (nSPS) is 12.1. The summed E-state index contributed by atoms with van der Waals surface area (Å²) in [5.41, 5.74) is 1.04. The van der Waals surface area contributed by atoms with Crippen molar-refractivity contribution >= 4 is 11.9 Å². The van der Waals surface area contributed by atoms with Crippen molar-refractivity contribution < 1.29 is 19.8 Å². The monoisotopic (exact) mass is 227 g/mol. The van der Waals surface area contributed by atoms with Crippen LogP contribution in [0.3, 0.4) is 0 Å². The van der Waals surface area contributed by atoms with Gasteiger partial charge in [-0.15, -0.1) is 0 Å². The highest BCUT2D eigenvalue weighted by Crippen LogP contribution is 2.01. The average Bonchev–Trinajstić information content (AvgIpc) is 2.64. The Balaban J connectivity index is 2.37. The number of aryl methyl sites for hydroxylation is 1. The second-order valence-corrected chi connectivity index (χ2v) is 3.31. The molecule has 0 radical (unpaired) electrons. The predicted molar refractivity (Wildman–Crippen MR) is 53.9 cm³/mol. The molecule has 88 valence electrons. The van der Waals surface area contributed by atoms with Gasteiger partial charge in [0.1, 0.15) is 0 Å². The average molecular weight is 227 g/mol. The van der Waals surface area contributed by atoms with Gasteiger partial charge < -0.3 is 15.5 Å². The molecule has 1 rings (SSSR count). The first-order valence-corrected chi connectivity index (χ1v) is 4.71. The van der Waals surface area contributed by atoms with E-state index in [0.29, 0.717) is 11.3 Å². The van der Waals surface area contributed by atoms with E-state index in [4.69, 9.17) is 10.2 Å². The molecule has 1 amide bonds. The van der Waals surface area contributed by atoms with E-state index in [9.17, 15) is 9.59 Å². The SMILES string of the molecule is Cc1[nH]ncc1C(=O)NCCC(O)C(=O)O. The Kier molecular flexibility index (Phi) is 4.01. The highest BCUT2D eigenvalue weighted by Gasteiger charge is 2.14. The van der Waals surface area contributed by atoms with Gasteiger partial charge >= 0.3 is 5.97 Å². The minimum absolute atomic E-state index is 0.0298. The number of aromatic amines is 1. The summed E-state index contributed by atoms with van der Waals surface area (Å²) in [6, 6.07) is 0. The molecule has 0 fully saturated rings. The zero-order chi connectivity index (χ0) is 12.1. The number of hydrogen-bond acceptors (Lipinski definition) is 4. The molecule has 1 aromatic rings. The summed E-state index contributed by atoms with van der Waals surface area (Å²) in [4.78, 5) is 21.8. The summed E-state index contributed by atoms with van der Waals surface area (Å²) in [5.74, 6) is -1.64. The highest BCUT2D eigenvalue weighted by atomic mass is 16.4. The molecule has 4 N–H and O–H groups in total. The number of nitrogens with one attached hydrogen (secondary N) is 2. The number of aromatic nitrogens is 2. The van der Waals surface area contributed by atoms with E-state index < -0.39 is 12.1 Å². The van der Waals surface area contributed by atoms with Crippen LogP contribution < -0.4 is 5.32 Å². The molecule has 0 saturated heterocycles. The summed E-state index contributed by atoms with van der Waals surface area (Å²) in [6.07, 6.45) is -0.0956. The van der Waals surface area contributed by atoms with Crippen LogP contribution in [0, 0.1) is 6.92 Å². The quantitative estimate of drug-likeness (QED) is 0.530. The molecule has 1 unspecified atom stereocenters. The number of carboxylic acids is 1. The van der Waals surface area contributed by atoms with Crippen LogP contribution in [0.2, 0.25) is 0 Å². The van der Waals surface area contributed by atoms with Crippen molar-refractivity contribution in [2.45, 2.75) is 19.4 Å². The van der Waals surface area contributed by atoms with Crippen molar-refractivity contribution in [1.82, 2.24) is 15.5 Å². The van der Waals surface area contributed by atoms with Gasteiger partial charge in [0.25, 0.3) is 5.91 Å². The van der Waals surface area contributed by atoms with Crippen LogP contribution in [0.4, 0.5) is 0 Å². The zero-order valence-electron chi connectivity index (χ0n) is 8.73. The van der Waals surface area contributed by atoms with Gasteiger partial charge in [-0.3, -0.25) is 9.89 Å². The first kappa shape index (κ1) is 12.2. The Labute approximate surface area is 91.5 Å². The largest absolute Gasteiger partial charge is 0.479 e. The number of hydrogen-bond donors (Lipinski definition) is 4. The molecule has 7 nitrogen and oxygen atoms in total. The lowest BCUT2D eigenvalue weighted by molar-refractivity contribution is -0.146. The first-order chi connectivity index (χ1) is 7.52. The van der Waals surface area contributed by atoms with Gasteiger partial charge in [-0.2, -0.15) is 5.10 Å². The van der Waals surface area contributed by atoms with Crippen LogP contribution in [0.25, 0.3) is 0 Å². The van der Waals surface area contributed by atoms with E-state index >= 15 is 0 Å². The number of aliphatic hydroxyl groups excluding tert-OH is 1. The maximum absolute atomic E-state index is 11.5. The summed E-state index contributed by atoms with van der Waals surface area (Å²) in [7, 11) is 0. The van der Waals surface area contributed by atoms with Gasteiger partial charge in [0.05, 0.1) is 11.8 Å². The van der Waals surface area contributed by atoms with Crippen molar-refractivity contribution in [3.05, 3.63) is 17.5 Å². The molecule has 7 heteroatoms. The van der Waals surface area contributed by atoms with Crippen LogP contribution in [-0.2, 0) is 4.79 Å². The van der Waals surface area contributed by atoms with Crippen molar-refractivity contribution in [3.8, 4) is 0 Å². The molecule has 0 aliphatic carbocycles. The molecule has 1 atom stereocenters. The maximum Gasteiger partial charge on any atom is 0.332 e. The second-order valence-electron chi connectivity index (χ2n) is 3.31. The molecule has 0 aromatic carbocycles. The van der Waals surface area contributed by atoms with Gasteiger partial charge in [0, 0.05) is 18.7 Å². The van der Waals surface area contributed by atoms with Crippen LogP contribution in [0.15, 0.2) is 6.20 Å². The van der Waals surface area contributed by atoms with Crippen molar-refractivity contribution in [2.75, 3.05) is 6.54 Å². The molecular weight excluding hydrogens is 214 g/mol. The molecule has 16 heavy (non-hydrogen) atoms. The third-order valence-electron chi connectivity index (χ3n) is 2.06. The Morgan fingerprint density at radius 1 is 1.62 bits per heavy atom. The Bertz CT molecular complexity index is 388. The smallest absolute Gasteiger partial charge is 0.332 e. The standard InChI is InChI=1S/C9H13N3O4/c1-5-6(4-11-12-5)8(14)10-3-2-7(13)9(15)16/h4,7,13H,2-3H2,1H3,(H,10,14)(H,11,12)(H,15,16). The third-order valence-corrected chi connectivity index (χ3v) is 2.06. The minimum atomic E-state index is -1.45. The van der Waals surface area contributed by atoms with Crippen molar-refractivity contribution in [2.24, 2.45) is 0 Å². The van der Waals surface area contributed by atoms with E-state index in [0.717, 1.165) is 0 Å². The van der Waals surface area contributed by atoms with Crippen LogP contribution in [0.5, 0.6) is 0 Å². The van der Waals surface area contributed by atoms with E-state index in [1.165, 1.54) is 6.20 Å². The van der Waals surface area contributed by atoms with Crippen LogP contribution in [0.1, 0.15) is 22.5 Å². The summed E-state index contributed by atoms with van der Waals surface area (Å²) in [5, 5.41) is 26.1. The summed E-state index contributed by atoms with van der Waals surface area (Å²) in [6.45, 7) is 1.80. The zero-order valence-corrected chi connectivity index (χ0v) is 8.73. The number of carbonyl (C=O) groups is 2. The third kappa shape index (κ3) is 3.06. The number of rotatable bonds is 5. The summed E-state index contributed by atoms with van der Waals surface area (Å²) < 4.78 is 0. The Morgan fingerprint density at radius 3 is 2.81 bits per heavy atom. The summed E-state index contributed by atoms with van der Waals surface area (Å²) >= 11 is 0. The van der Waals surface area contributed by atoms with Gasteiger partial charge in [-0.05, 0) is 6.92 Å². The fourth-order valence-corrected chi connectivity index (χ4v) is 1.12. The number of carboxylic acid groups (broad SMARTS) is 1. The fourth-order valence-electron chi connectivity index (χ4n) is 1.12. The lowest BCUT2D eigenvalue weighted by Gasteiger charge is -2.06. The topological polar surface area (TPSA) is 115 Å². The van der Waals surface area contributed by atoms with Crippen LogP contribution >= 0.6 is 0 Å². The first-order valence-electron chi connectivity index (χ1n) is 4.71. The molecule has 1 aromatic heterocycles. The van der Waals surface area contributed by atoms with E-state index in [2.05, 4.69) is 15.5 Å². The molecular formula is C9H13N3O4. The van der Waals surface area contributed by atoms with Gasteiger partial charge in [-0.25, -0.2) is 4.79 Å². The molecule has 0 spiro atoms. The lowest BCUT2D eigenvalue weighted by atomic mass is 10.2. The van der Waals surface area contributed by atoms with E-state index in [1.807, 2.05) is 0 Å². The van der Waals surface area contributed by atoms with E-state index in [-0.39, 0.29) is 18.9 Å². The molecule has 0 aliphatic rings. The number of carbonyl (C=O) groups excluding carboxylic acids is 1. The van der Waals surface area contributed by atoms with Crippen molar-refractivity contribution in [3.63, 3.8) is 0 Å². The van der Waals surface area contributed by atoms with Gasteiger partial charge in [0.2, 0.25) is 0 Å². The highest BCUT2D eigenvalue weighted by molar-refractivity contribution is 5.94. The number of nitrogens with zero attached hydrogens (tertiary/aromatic N) is 1. The van der Waals surface area contributed by atoms with E-state index in [1.54, 1.807) is 6.92 Å². The molecule has 1 heterocycles. The number of aliphatic carboxylic acids is 1. The maximum atomic E-state index is 11.5. The number of amides is 1. The number of aliphatic hydroxyl groups is 1. The number of H-pyrrole nitrogens is 1. The van der Waals surface area contributed by atoms with Crippen LogP contribution in [-0.4, -0.2) is 44.9 Å². The fraction of sp³-hybridized carbons (Fsp3) is 0.444.